The quantitative estimate of drug-likeness (QED) is 0.736. The lowest BCUT2D eigenvalue weighted by atomic mass is 10.1. The molecule has 1 saturated heterocycles. The van der Waals surface area contributed by atoms with Crippen LogP contribution in [0.3, 0.4) is 0 Å². The van der Waals surface area contributed by atoms with Crippen LogP contribution < -0.4 is 10.1 Å². The summed E-state index contributed by atoms with van der Waals surface area (Å²) in [6.45, 7) is 3.95. The van der Waals surface area contributed by atoms with Crippen molar-refractivity contribution in [2.24, 2.45) is 7.05 Å². The molecule has 0 spiro atoms. The maximum atomic E-state index is 12.9. The lowest BCUT2D eigenvalue weighted by Crippen LogP contribution is -2.50. The van der Waals surface area contributed by atoms with Crippen LogP contribution in [0, 0.1) is 5.82 Å². The summed E-state index contributed by atoms with van der Waals surface area (Å²) >= 11 is 0. The van der Waals surface area contributed by atoms with Gasteiger partial charge in [0.15, 0.2) is 0 Å². The van der Waals surface area contributed by atoms with Crippen LogP contribution in [0.1, 0.15) is 15.9 Å². The largest absolute Gasteiger partial charge is 0.479 e. The third-order valence-corrected chi connectivity index (χ3v) is 4.91. The van der Waals surface area contributed by atoms with E-state index in [1.54, 1.807) is 35.0 Å². The first-order valence-electron chi connectivity index (χ1n) is 9.56. The van der Waals surface area contributed by atoms with Crippen LogP contribution in [0.5, 0.6) is 5.88 Å². The number of rotatable bonds is 7. The number of hydrogen-bond acceptors (Lipinski definition) is 5. The Morgan fingerprint density at radius 1 is 1.17 bits per heavy atom. The fourth-order valence-corrected chi connectivity index (χ4v) is 3.31. The minimum Gasteiger partial charge on any atom is -0.479 e. The fraction of sp³-hybridized carbons (Fsp3) is 0.450. The van der Waals surface area contributed by atoms with E-state index in [4.69, 9.17) is 4.74 Å². The molecule has 1 fully saturated rings. The van der Waals surface area contributed by atoms with E-state index in [0.29, 0.717) is 37.6 Å². The average Bonchev–Trinajstić information content (AvgIpc) is 3.10. The average molecular weight is 403 g/mol. The molecule has 1 aromatic heterocycles. The maximum absolute atomic E-state index is 12.9. The molecule has 0 bridgehead atoms. The molecule has 29 heavy (non-hydrogen) atoms. The molecule has 8 nitrogen and oxygen atoms in total. The summed E-state index contributed by atoms with van der Waals surface area (Å²) in [5.74, 6) is -0.145. The lowest BCUT2D eigenvalue weighted by molar-refractivity contribution is -0.120. The van der Waals surface area contributed by atoms with Crippen LogP contribution in [0.2, 0.25) is 0 Å². The van der Waals surface area contributed by atoms with Gasteiger partial charge in [-0.25, -0.2) is 4.39 Å². The smallest absolute Gasteiger partial charge is 0.261 e. The van der Waals surface area contributed by atoms with Crippen molar-refractivity contribution < 1.29 is 18.7 Å². The zero-order valence-corrected chi connectivity index (χ0v) is 16.7. The Kier molecular flexibility index (Phi) is 6.82. The van der Waals surface area contributed by atoms with Crippen LogP contribution in [0.4, 0.5) is 4.39 Å². The molecule has 1 aliphatic heterocycles. The van der Waals surface area contributed by atoms with Crippen LogP contribution in [0.25, 0.3) is 0 Å². The van der Waals surface area contributed by atoms with E-state index < -0.39 is 0 Å². The number of aromatic nitrogens is 2. The number of amides is 2. The lowest BCUT2D eigenvalue weighted by Gasteiger charge is -2.34. The van der Waals surface area contributed by atoms with Gasteiger partial charge in [-0.1, -0.05) is 12.1 Å². The van der Waals surface area contributed by atoms with Gasteiger partial charge in [-0.05, 0) is 17.7 Å². The maximum Gasteiger partial charge on any atom is 0.261 e. The van der Waals surface area contributed by atoms with Gasteiger partial charge in [0.1, 0.15) is 11.4 Å². The highest BCUT2D eigenvalue weighted by Crippen LogP contribution is 2.18. The van der Waals surface area contributed by atoms with Crippen LogP contribution in [-0.4, -0.2) is 77.8 Å². The van der Waals surface area contributed by atoms with E-state index in [9.17, 15) is 14.0 Å². The molecule has 0 radical (unpaired) electrons. The minimum atomic E-state index is -0.311. The molecule has 0 aliphatic carbocycles. The summed E-state index contributed by atoms with van der Waals surface area (Å²) in [5, 5.41) is 7.02. The molecule has 2 aromatic rings. The zero-order valence-electron chi connectivity index (χ0n) is 16.7. The number of nitrogens with one attached hydrogen (secondary N) is 1. The van der Waals surface area contributed by atoms with Gasteiger partial charge in [0, 0.05) is 52.5 Å². The minimum absolute atomic E-state index is 0.0813. The molecule has 0 unspecified atom stereocenters. The topological polar surface area (TPSA) is 79.7 Å². The fourth-order valence-electron chi connectivity index (χ4n) is 3.31. The molecule has 156 valence electrons. The molecular formula is C20H26FN5O3. The molecule has 3 rings (SSSR count). The number of carbonyl (C=O) groups excluding carboxylic acids is 2. The molecular weight excluding hydrogens is 377 g/mol. The molecule has 0 saturated carbocycles. The van der Waals surface area contributed by atoms with E-state index in [1.165, 1.54) is 19.2 Å². The van der Waals surface area contributed by atoms with Crippen LogP contribution in [-0.2, 0) is 18.3 Å². The van der Waals surface area contributed by atoms with Gasteiger partial charge in [-0.2, -0.15) is 0 Å². The summed E-state index contributed by atoms with van der Waals surface area (Å²) in [6, 6.07) is 5.93. The third-order valence-electron chi connectivity index (χ3n) is 4.91. The highest BCUT2D eigenvalue weighted by atomic mass is 19.1. The van der Waals surface area contributed by atoms with Crippen LogP contribution in [0.15, 0.2) is 30.5 Å². The van der Waals surface area contributed by atoms with Gasteiger partial charge in [-0.15, -0.1) is 5.10 Å². The highest BCUT2D eigenvalue weighted by Gasteiger charge is 2.26. The Morgan fingerprint density at radius 3 is 2.52 bits per heavy atom. The number of ether oxygens (including phenoxy) is 1. The highest BCUT2D eigenvalue weighted by molar-refractivity contribution is 5.96. The van der Waals surface area contributed by atoms with Gasteiger partial charge in [0.05, 0.1) is 13.5 Å². The van der Waals surface area contributed by atoms with Crippen molar-refractivity contribution in [3.63, 3.8) is 0 Å². The van der Waals surface area contributed by atoms with E-state index >= 15 is 0 Å². The summed E-state index contributed by atoms with van der Waals surface area (Å²) < 4.78 is 19.6. The number of halogens is 1. The van der Waals surface area contributed by atoms with Crippen molar-refractivity contribution in [2.45, 2.75) is 6.42 Å². The SMILES string of the molecule is COc1nn(C)cc1C(=O)N1CCN(CCNC(=O)Cc2ccc(F)cc2)CC1. The number of piperazine rings is 1. The Bertz CT molecular complexity index is 844. The molecule has 1 aromatic carbocycles. The predicted molar refractivity (Wildman–Crippen MR) is 105 cm³/mol. The number of aryl methyl sites for hydroxylation is 1. The second-order valence-electron chi connectivity index (χ2n) is 7.01. The third kappa shape index (κ3) is 5.54. The van der Waals surface area contributed by atoms with Gasteiger partial charge in [0.2, 0.25) is 11.8 Å². The molecule has 2 amide bonds. The van der Waals surface area contributed by atoms with E-state index in [1.807, 2.05) is 0 Å². The molecule has 2 heterocycles. The van der Waals surface area contributed by atoms with E-state index in [-0.39, 0.29) is 24.1 Å². The van der Waals surface area contributed by atoms with Crippen molar-refractivity contribution in [3.05, 3.63) is 47.4 Å². The predicted octanol–water partition coefficient (Wildman–Crippen LogP) is 0.685. The standard InChI is InChI=1S/C20H26FN5O3/c1-24-14-17(19(23-24)29-2)20(28)26-11-9-25(10-12-26)8-7-22-18(27)13-15-3-5-16(21)6-4-15/h3-6,14H,7-13H2,1-2H3,(H,22,27). The molecule has 1 aliphatic rings. The summed E-state index contributed by atoms with van der Waals surface area (Å²) in [7, 11) is 3.25. The first-order valence-corrected chi connectivity index (χ1v) is 9.56. The Morgan fingerprint density at radius 2 is 1.86 bits per heavy atom. The Hall–Kier alpha value is -2.94. The van der Waals surface area contributed by atoms with Gasteiger partial charge >= 0.3 is 0 Å². The van der Waals surface area contributed by atoms with Crippen molar-refractivity contribution in [1.29, 1.82) is 0 Å². The Labute approximate surface area is 169 Å². The first kappa shape index (κ1) is 20.8. The summed E-state index contributed by atoms with van der Waals surface area (Å²) in [6.07, 6.45) is 1.90. The number of carbonyl (C=O) groups is 2. The number of nitrogens with zero attached hydrogens (tertiary/aromatic N) is 4. The monoisotopic (exact) mass is 403 g/mol. The second kappa shape index (κ2) is 9.51. The number of benzene rings is 1. The molecule has 9 heteroatoms. The summed E-state index contributed by atoms with van der Waals surface area (Å²) in [4.78, 5) is 28.7. The van der Waals surface area contributed by atoms with Crippen molar-refractivity contribution >= 4 is 11.8 Å². The van der Waals surface area contributed by atoms with Gasteiger partial charge in [0.25, 0.3) is 5.91 Å². The van der Waals surface area contributed by atoms with Crippen molar-refractivity contribution in [2.75, 3.05) is 46.4 Å². The molecule has 0 atom stereocenters. The van der Waals surface area contributed by atoms with E-state index in [0.717, 1.165) is 18.7 Å². The summed E-state index contributed by atoms with van der Waals surface area (Å²) in [5.41, 5.74) is 1.25. The first-order chi connectivity index (χ1) is 14.0. The zero-order chi connectivity index (χ0) is 20.8. The Balaban J connectivity index is 1.39. The van der Waals surface area contributed by atoms with E-state index in [2.05, 4.69) is 15.3 Å². The van der Waals surface area contributed by atoms with Crippen molar-refractivity contribution in [1.82, 2.24) is 24.9 Å². The number of hydrogen-bond donors (Lipinski definition) is 1. The van der Waals surface area contributed by atoms with Crippen molar-refractivity contribution in [3.8, 4) is 5.88 Å². The molecule has 1 N–H and O–H groups in total. The second-order valence-corrected chi connectivity index (χ2v) is 7.01. The van der Waals surface area contributed by atoms with Gasteiger partial charge < -0.3 is 15.0 Å². The normalized spacial score (nSPS) is 14.7. The van der Waals surface area contributed by atoms with Crippen LogP contribution >= 0.6 is 0 Å². The number of methoxy groups -OCH3 is 1. The van der Waals surface area contributed by atoms with Gasteiger partial charge in [-0.3, -0.25) is 19.2 Å².